The van der Waals surface area contributed by atoms with Crippen molar-refractivity contribution in [2.75, 3.05) is 14.2 Å². The minimum absolute atomic E-state index is 0.00611. The van der Waals surface area contributed by atoms with E-state index in [0.29, 0.717) is 27.8 Å². The molecule has 0 spiro atoms. The normalized spacial score (nSPS) is 11.7. The average molecular weight is 393 g/mol. The molecular weight excluding hydrogens is 372 g/mol. The van der Waals surface area contributed by atoms with Crippen molar-refractivity contribution in [3.05, 3.63) is 53.1 Å². The number of oxime groups is 1. The van der Waals surface area contributed by atoms with Crippen molar-refractivity contribution in [3.8, 4) is 17.2 Å². The van der Waals surface area contributed by atoms with Gasteiger partial charge < -0.3 is 24.8 Å². The smallest absolute Gasteiger partial charge is 0.377 e. The number of rotatable bonds is 7. The molecule has 27 heavy (non-hydrogen) atoms. The summed E-state index contributed by atoms with van der Waals surface area (Å²) >= 11 is 5.83. The standard InChI is InChI=1S/C19H21ClN2O5/c1-19(2,26-14-8-6-13(20)7-9-14)18(23)27-22-17(21)12-5-10-15(24-3)16(11-12)25-4/h5-11H,1-4H3,(H2,21,22). The maximum atomic E-state index is 12.3. The van der Waals surface area contributed by atoms with Gasteiger partial charge in [-0.05, 0) is 56.3 Å². The lowest BCUT2D eigenvalue weighted by Crippen LogP contribution is -2.39. The quantitative estimate of drug-likeness (QED) is 0.336. The summed E-state index contributed by atoms with van der Waals surface area (Å²) in [5, 5.41) is 4.26. The van der Waals surface area contributed by atoms with Gasteiger partial charge in [-0.1, -0.05) is 16.8 Å². The first-order valence-electron chi connectivity index (χ1n) is 7.98. The van der Waals surface area contributed by atoms with Gasteiger partial charge in [0, 0.05) is 10.6 Å². The summed E-state index contributed by atoms with van der Waals surface area (Å²) in [6.45, 7) is 3.12. The second-order valence-electron chi connectivity index (χ2n) is 5.99. The molecule has 0 fully saturated rings. The lowest BCUT2D eigenvalue weighted by atomic mass is 10.1. The van der Waals surface area contributed by atoms with Crippen LogP contribution in [0.2, 0.25) is 5.02 Å². The predicted octanol–water partition coefficient (Wildman–Crippen LogP) is 3.38. The van der Waals surface area contributed by atoms with Gasteiger partial charge in [-0.2, -0.15) is 0 Å². The third kappa shape index (κ3) is 5.27. The molecule has 0 unspecified atom stereocenters. The van der Waals surface area contributed by atoms with Crippen molar-refractivity contribution in [2.45, 2.75) is 19.4 Å². The highest BCUT2D eigenvalue weighted by Gasteiger charge is 2.32. The van der Waals surface area contributed by atoms with Crippen LogP contribution in [0.5, 0.6) is 17.2 Å². The van der Waals surface area contributed by atoms with Gasteiger partial charge in [-0.3, -0.25) is 0 Å². The van der Waals surface area contributed by atoms with E-state index in [-0.39, 0.29) is 5.84 Å². The summed E-state index contributed by atoms with van der Waals surface area (Å²) in [6.07, 6.45) is 0. The molecule has 0 saturated carbocycles. The molecule has 0 aliphatic carbocycles. The minimum Gasteiger partial charge on any atom is -0.493 e. The first-order chi connectivity index (χ1) is 12.8. The summed E-state index contributed by atoms with van der Waals surface area (Å²) in [5.41, 5.74) is 5.12. The zero-order valence-corrected chi connectivity index (χ0v) is 16.2. The third-order valence-electron chi connectivity index (χ3n) is 3.58. The first kappa shape index (κ1) is 20.4. The van der Waals surface area contributed by atoms with E-state index in [1.165, 1.54) is 14.2 Å². The van der Waals surface area contributed by atoms with E-state index in [9.17, 15) is 4.79 Å². The van der Waals surface area contributed by atoms with Gasteiger partial charge in [0.15, 0.2) is 17.3 Å². The molecule has 0 heterocycles. The van der Waals surface area contributed by atoms with Crippen LogP contribution in [0.25, 0.3) is 0 Å². The Hall–Kier alpha value is -2.93. The molecule has 144 valence electrons. The third-order valence-corrected chi connectivity index (χ3v) is 3.84. The number of ether oxygens (including phenoxy) is 3. The second kappa shape index (κ2) is 8.64. The first-order valence-corrected chi connectivity index (χ1v) is 8.36. The Kier molecular flexibility index (Phi) is 6.52. The SMILES string of the molecule is COc1ccc(C(N)=NOC(=O)C(C)(C)Oc2ccc(Cl)cc2)cc1OC. The molecule has 2 N–H and O–H groups in total. The van der Waals surface area contributed by atoms with Crippen molar-refractivity contribution in [3.63, 3.8) is 0 Å². The van der Waals surface area contributed by atoms with Gasteiger partial charge in [0.1, 0.15) is 5.75 Å². The van der Waals surface area contributed by atoms with Crippen LogP contribution in [0.1, 0.15) is 19.4 Å². The van der Waals surface area contributed by atoms with E-state index in [2.05, 4.69) is 5.16 Å². The van der Waals surface area contributed by atoms with Crippen LogP contribution < -0.4 is 19.9 Å². The highest BCUT2D eigenvalue weighted by atomic mass is 35.5. The molecule has 0 amide bonds. The molecule has 8 heteroatoms. The van der Waals surface area contributed by atoms with Crippen molar-refractivity contribution < 1.29 is 23.8 Å². The number of carbonyl (C=O) groups excluding carboxylic acids is 1. The highest BCUT2D eigenvalue weighted by molar-refractivity contribution is 6.30. The summed E-state index contributed by atoms with van der Waals surface area (Å²) in [4.78, 5) is 17.3. The Balaban J connectivity index is 2.08. The lowest BCUT2D eigenvalue weighted by molar-refractivity contribution is -0.159. The molecular formula is C19H21ClN2O5. The van der Waals surface area contributed by atoms with Crippen LogP contribution in [0.4, 0.5) is 0 Å². The maximum absolute atomic E-state index is 12.3. The van der Waals surface area contributed by atoms with Crippen molar-refractivity contribution in [1.29, 1.82) is 0 Å². The van der Waals surface area contributed by atoms with Gasteiger partial charge in [0.05, 0.1) is 14.2 Å². The molecule has 0 aliphatic heterocycles. The Labute approximate surface area is 162 Å². The summed E-state index contributed by atoms with van der Waals surface area (Å²) in [6, 6.07) is 11.6. The summed E-state index contributed by atoms with van der Waals surface area (Å²) < 4.78 is 16.0. The Morgan fingerprint density at radius 3 is 2.26 bits per heavy atom. The van der Waals surface area contributed by atoms with Gasteiger partial charge in [-0.25, -0.2) is 4.79 Å². The summed E-state index contributed by atoms with van der Waals surface area (Å²) in [7, 11) is 3.03. The zero-order chi connectivity index (χ0) is 20.0. The number of hydrogen-bond acceptors (Lipinski definition) is 6. The fourth-order valence-corrected chi connectivity index (χ4v) is 2.21. The fraction of sp³-hybridized carbons (Fsp3) is 0.263. The molecule has 2 aromatic carbocycles. The predicted molar refractivity (Wildman–Crippen MR) is 103 cm³/mol. The topological polar surface area (TPSA) is 92.4 Å². The van der Waals surface area contributed by atoms with Gasteiger partial charge >= 0.3 is 5.97 Å². The van der Waals surface area contributed by atoms with E-state index < -0.39 is 11.6 Å². The molecule has 0 bridgehead atoms. The van der Waals surface area contributed by atoms with Crippen LogP contribution in [0, 0.1) is 0 Å². The van der Waals surface area contributed by atoms with Crippen LogP contribution in [0.3, 0.4) is 0 Å². The number of nitrogens with two attached hydrogens (primary N) is 1. The van der Waals surface area contributed by atoms with Gasteiger partial charge in [0.25, 0.3) is 0 Å². The van der Waals surface area contributed by atoms with Crippen LogP contribution >= 0.6 is 11.6 Å². The van der Waals surface area contributed by atoms with E-state index in [1.807, 2.05) is 0 Å². The van der Waals surface area contributed by atoms with Crippen molar-refractivity contribution in [2.24, 2.45) is 10.9 Å². The fourth-order valence-electron chi connectivity index (χ4n) is 2.09. The van der Waals surface area contributed by atoms with Crippen molar-refractivity contribution in [1.82, 2.24) is 0 Å². The lowest BCUT2D eigenvalue weighted by Gasteiger charge is -2.22. The molecule has 7 nitrogen and oxygen atoms in total. The number of amidine groups is 1. The molecule has 2 rings (SSSR count). The number of methoxy groups -OCH3 is 2. The number of benzene rings is 2. The minimum atomic E-state index is -1.28. The molecule has 0 saturated heterocycles. The van der Waals surface area contributed by atoms with Crippen LogP contribution in [-0.2, 0) is 9.63 Å². The van der Waals surface area contributed by atoms with E-state index >= 15 is 0 Å². The van der Waals surface area contributed by atoms with Crippen LogP contribution in [0.15, 0.2) is 47.6 Å². The number of hydrogen-bond donors (Lipinski definition) is 1. The Morgan fingerprint density at radius 1 is 1.04 bits per heavy atom. The van der Waals surface area contributed by atoms with Crippen LogP contribution in [-0.4, -0.2) is 31.6 Å². The highest BCUT2D eigenvalue weighted by Crippen LogP contribution is 2.27. The molecule has 0 aromatic heterocycles. The Bertz CT molecular complexity index is 834. The number of carbonyl (C=O) groups is 1. The average Bonchev–Trinajstić information content (AvgIpc) is 2.66. The van der Waals surface area contributed by atoms with Gasteiger partial charge in [0.2, 0.25) is 5.60 Å². The van der Waals surface area contributed by atoms with E-state index in [0.717, 1.165) is 0 Å². The largest absolute Gasteiger partial charge is 0.493 e. The van der Waals surface area contributed by atoms with E-state index in [4.69, 9.17) is 36.4 Å². The molecule has 0 aliphatic rings. The maximum Gasteiger partial charge on any atom is 0.377 e. The van der Waals surface area contributed by atoms with Gasteiger partial charge in [-0.15, -0.1) is 0 Å². The second-order valence-corrected chi connectivity index (χ2v) is 6.43. The Morgan fingerprint density at radius 2 is 1.67 bits per heavy atom. The molecule has 0 atom stereocenters. The molecule has 2 aromatic rings. The number of nitrogens with zero attached hydrogens (tertiary/aromatic N) is 1. The monoisotopic (exact) mass is 392 g/mol. The zero-order valence-electron chi connectivity index (χ0n) is 15.5. The van der Waals surface area contributed by atoms with E-state index in [1.54, 1.807) is 56.3 Å². The molecule has 0 radical (unpaired) electrons. The summed E-state index contributed by atoms with van der Waals surface area (Å²) in [5.74, 6) is 0.792. The number of halogens is 1. The van der Waals surface area contributed by atoms with Crippen molar-refractivity contribution >= 4 is 23.4 Å².